The van der Waals surface area contributed by atoms with Crippen LogP contribution in [0.4, 0.5) is 5.69 Å². The van der Waals surface area contributed by atoms with Crippen molar-refractivity contribution in [3.63, 3.8) is 0 Å². The number of benzene rings is 1. The summed E-state index contributed by atoms with van der Waals surface area (Å²) in [6.07, 6.45) is 10.4. The Morgan fingerprint density at radius 1 is 0.950 bits per heavy atom. The van der Waals surface area contributed by atoms with Crippen molar-refractivity contribution >= 4 is 16.6 Å². The second-order valence-electron chi connectivity index (χ2n) is 6.48. The SMILES string of the molecule is c1cc(NC2CCCC(C3CC3)C2)c2cccnc2c1. The molecule has 0 amide bonds. The smallest absolute Gasteiger partial charge is 0.0722 e. The molecule has 0 radical (unpaired) electrons. The molecule has 0 aliphatic heterocycles. The lowest BCUT2D eigenvalue weighted by atomic mass is 9.82. The maximum atomic E-state index is 4.45. The highest BCUT2D eigenvalue weighted by Gasteiger charge is 2.34. The van der Waals surface area contributed by atoms with Crippen LogP contribution in [0.1, 0.15) is 38.5 Å². The quantitative estimate of drug-likeness (QED) is 0.877. The number of aromatic nitrogens is 1. The van der Waals surface area contributed by atoms with Crippen molar-refractivity contribution in [2.75, 3.05) is 5.32 Å². The minimum absolute atomic E-state index is 0.653. The summed E-state index contributed by atoms with van der Waals surface area (Å²) in [4.78, 5) is 4.45. The average Bonchev–Trinajstić information content (AvgIpc) is 3.33. The van der Waals surface area contributed by atoms with Crippen molar-refractivity contribution in [3.05, 3.63) is 36.5 Å². The van der Waals surface area contributed by atoms with Gasteiger partial charge in [0.1, 0.15) is 0 Å². The van der Waals surface area contributed by atoms with E-state index in [1.807, 2.05) is 12.3 Å². The van der Waals surface area contributed by atoms with E-state index in [-0.39, 0.29) is 0 Å². The first kappa shape index (κ1) is 12.2. The molecule has 2 atom stereocenters. The van der Waals surface area contributed by atoms with Gasteiger partial charge in [-0.3, -0.25) is 4.98 Å². The van der Waals surface area contributed by atoms with Gasteiger partial charge in [-0.15, -0.1) is 0 Å². The van der Waals surface area contributed by atoms with Gasteiger partial charge in [0.25, 0.3) is 0 Å². The maximum absolute atomic E-state index is 4.45. The molecule has 20 heavy (non-hydrogen) atoms. The molecule has 0 bridgehead atoms. The molecule has 2 aromatic rings. The molecule has 4 rings (SSSR count). The second kappa shape index (κ2) is 5.08. The van der Waals surface area contributed by atoms with Crippen LogP contribution in [0.2, 0.25) is 0 Å². The Balaban J connectivity index is 1.54. The van der Waals surface area contributed by atoms with Gasteiger partial charge in [-0.25, -0.2) is 0 Å². The molecule has 2 unspecified atom stereocenters. The normalized spacial score (nSPS) is 26.6. The number of nitrogens with one attached hydrogen (secondary N) is 1. The van der Waals surface area contributed by atoms with Crippen molar-refractivity contribution in [3.8, 4) is 0 Å². The Hall–Kier alpha value is -1.57. The van der Waals surface area contributed by atoms with E-state index in [1.54, 1.807) is 0 Å². The molecule has 2 aliphatic carbocycles. The van der Waals surface area contributed by atoms with Gasteiger partial charge in [0.05, 0.1) is 5.52 Å². The van der Waals surface area contributed by atoms with E-state index in [0.717, 1.165) is 17.4 Å². The van der Waals surface area contributed by atoms with Crippen molar-refractivity contribution in [1.29, 1.82) is 0 Å². The predicted molar refractivity (Wildman–Crippen MR) is 83.8 cm³/mol. The van der Waals surface area contributed by atoms with Crippen molar-refractivity contribution in [2.45, 2.75) is 44.6 Å². The fourth-order valence-corrected chi connectivity index (χ4v) is 3.80. The van der Waals surface area contributed by atoms with Gasteiger partial charge >= 0.3 is 0 Å². The Kier molecular flexibility index (Phi) is 3.10. The van der Waals surface area contributed by atoms with E-state index < -0.39 is 0 Å². The fourth-order valence-electron chi connectivity index (χ4n) is 3.80. The first-order valence-electron chi connectivity index (χ1n) is 8.00. The molecule has 104 valence electrons. The lowest BCUT2D eigenvalue weighted by Crippen LogP contribution is -2.28. The van der Waals surface area contributed by atoms with E-state index in [0.29, 0.717) is 6.04 Å². The lowest BCUT2D eigenvalue weighted by Gasteiger charge is -2.30. The molecular formula is C18H22N2. The van der Waals surface area contributed by atoms with Crippen LogP contribution in [0.25, 0.3) is 10.9 Å². The summed E-state index contributed by atoms with van der Waals surface area (Å²) in [5.41, 5.74) is 2.35. The summed E-state index contributed by atoms with van der Waals surface area (Å²) in [7, 11) is 0. The molecule has 0 spiro atoms. The standard InChI is InChI=1S/C18H22N2/c1-4-14(13-9-10-13)12-15(5-1)20-18-8-2-7-17-16(18)6-3-11-19-17/h2-3,6-8,11,13-15,20H,1,4-5,9-10,12H2. The number of hydrogen-bond donors (Lipinski definition) is 1. The van der Waals surface area contributed by atoms with E-state index in [1.165, 1.54) is 49.6 Å². The predicted octanol–water partition coefficient (Wildman–Crippen LogP) is 4.62. The molecule has 2 saturated carbocycles. The zero-order valence-corrected chi connectivity index (χ0v) is 11.9. The van der Waals surface area contributed by atoms with Crippen molar-refractivity contribution in [1.82, 2.24) is 4.98 Å². The van der Waals surface area contributed by atoms with Crippen LogP contribution in [0, 0.1) is 11.8 Å². The van der Waals surface area contributed by atoms with Crippen molar-refractivity contribution in [2.24, 2.45) is 11.8 Å². The summed E-state index contributed by atoms with van der Waals surface area (Å²) in [6, 6.07) is 11.3. The number of nitrogens with zero attached hydrogens (tertiary/aromatic N) is 1. The maximum Gasteiger partial charge on any atom is 0.0722 e. The summed E-state index contributed by atoms with van der Waals surface area (Å²) >= 11 is 0. The number of rotatable bonds is 3. The van der Waals surface area contributed by atoms with Gasteiger partial charge in [0.15, 0.2) is 0 Å². The first-order chi connectivity index (χ1) is 9.90. The monoisotopic (exact) mass is 266 g/mol. The van der Waals surface area contributed by atoms with E-state index in [2.05, 4.69) is 34.6 Å². The molecule has 0 saturated heterocycles. The van der Waals surface area contributed by atoms with Crippen LogP contribution in [-0.2, 0) is 0 Å². The minimum atomic E-state index is 0.653. The molecule has 2 aliphatic rings. The minimum Gasteiger partial charge on any atom is -0.382 e. The highest BCUT2D eigenvalue weighted by Crippen LogP contribution is 2.44. The van der Waals surface area contributed by atoms with Crippen LogP contribution in [0.15, 0.2) is 36.5 Å². The molecule has 1 aromatic heterocycles. The zero-order chi connectivity index (χ0) is 13.4. The van der Waals surface area contributed by atoms with E-state index in [4.69, 9.17) is 0 Å². The Bertz CT molecular complexity index is 598. The summed E-state index contributed by atoms with van der Waals surface area (Å²) in [6.45, 7) is 0. The van der Waals surface area contributed by atoms with Crippen LogP contribution < -0.4 is 5.32 Å². The highest BCUT2D eigenvalue weighted by atomic mass is 14.9. The Morgan fingerprint density at radius 3 is 2.80 bits per heavy atom. The topological polar surface area (TPSA) is 24.9 Å². The van der Waals surface area contributed by atoms with Crippen LogP contribution in [-0.4, -0.2) is 11.0 Å². The lowest BCUT2D eigenvalue weighted by molar-refractivity contribution is 0.303. The number of anilines is 1. The molecule has 2 heteroatoms. The molecule has 1 aromatic carbocycles. The summed E-state index contributed by atoms with van der Waals surface area (Å²) < 4.78 is 0. The van der Waals surface area contributed by atoms with Gasteiger partial charge < -0.3 is 5.32 Å². The van der Waals surface area contributed by atoms with Crippen molar-refractivity contribution < 1.29 is 0 Å². The summed E-state index contributed by atoms with van der Waals surface area (Å²) in [5.74, 6) is 2.03. The Morgan fingerprint density at radius 2 is 1.90 bits per heavy atom. The van der Waals surface area contributed by atoms with Gasteiger partial charge in [-0.2, -0.15) is 0 Å². The molecule has 2 nitrogen and oxygen atoms in total. The third-order valence-electron chi connectivity index (χ3n) is 5.01. The van der Waals surface area contributed by atoms with Crippen LogP contribution >= 0.6 is 0 Å². The molecule has 2 fully saturated rings. The second-order valence-corrected chi connectivity index (χ2v) is 6.48. The largest absolute Gasteiger partial charge is 0.382 e. The highest BCUT2D eigenvalue weighted by molar-refractivity contribution is 5.91. The third kappa shape index (κ3) is 2.39. The van der Waals surface area contributed by atoms with Gasteiger partial charge in [-0.05, 0) is 61.8 Å². The first-order valence-corrected chi connectivity index (χ1v) is 8.00. The van der Waals surface area contributed by atoms with Crippen LogP contribution in [0.5, 0.6) is 0 Å². The van der Waals surface area contributed by atoms with Gasteiger partial charge in [-0.1, -0.05) is 18.9 Å². The summed E-state index contributed by atoms with van der Waals surface area (Å²) in [5, 5.41) is 5.05. The molecule has 1 N–H and O–H groups in total. The fraction of sp³-hybridized carbons (Fsp3) is 0.500. The number of fused-ring (bicyclic) bond motifs is 1. The number of pyridine rings is 1. The van der Waals surface area contributed by atoms with E-state index in [9.17, 15) is 0 Å². The zero-order valence-electron chi connectivity index (χ0n) is 11.9. The van der Waals surface area contributed by atoms with Gasteiger partial charge in [0.2, 0.25) is 0 Å². The van der Waals surface area contributed by atoms with Gasteiger partial charge in [0, 0.05) is 23.3 Å². The molecular weight excluding hydrogens is 244 g/mol. The van der Waals surface area contributed by atoms with Crippen LogP contribution in [0.3, 0.4) is 0 Å². The van der Waals surface area contributed by atoms with E-state index >= 15 is 0 Å². The molecule has 1 heterocycles. The third-order valence-corrected chi connectivity index (χ3v) is 5.01. The average molecular weight is 266 g/mol. The number of hydrogen-bond acceptors (Lipinski definition) is 2. The Labute approximate surface area is 120 Å².